The van der Waals surface area contributed by atoms with Gasteiger partial charge in [-0.2, -0.15) is 0 Å². The molecule has 3 aromatic carbocycles. The maximum atomic E-state index is 15.5. The number of aliphatic hydroxyl groups is 3. The van der Waals surface area contributed by atoms with Gasteiger partial charge in [0, 0.05) is 30.7 Å². The van der Waals surface area contributed by atoms with E-state index in [1.54, 1.807) is 107 Å². The van der Waals surface area contributed by atoms with E-state index < -0.39 is 107 Å². The molecule has 0 spiro atoms. The van der Waals surface area contributed by atoms with Crippen LogP contribution >= 0.6 is 0 Å². The summed E-state index contributed by atoms with van der Waals surface area (Å²) in [6.07, 6.45) is -9.85. The number of esters is 3. The lowest BCUT2D eigenvalue weighted by Gasteiger charge is -2.67. The van der Waals surface area contributed by atoms with Crippen LogP contribution in [-0.2, 0) is 38.1 Å². The predicted octanol–water partition coefficient (Wildman–Crippen LogP) is 4.72. The summed E-state index contributed by atoms with van der Waals surface area (Å²) in [7, 11) is 0. The van der Waals surface area contributed by atoms with Crippen LogP contribution in [0.2, 0.25) is 0 Å². The van der Waals surface area contributed by atoms with Crippen molar-refractivity contribution < 1.29 is 63.0 Å². The summed E-state index contributed by atoms with van der Waals surface area (Å²) >= 11 is 0. The molecule has 4 N–H and O–H groups in total. The van der Waals surface area contributed by atoms with Gasteiger partial charge in [0.1, 0.15) is 23.9 Å². The van der Waals surface area contributed by atoms with Crippen molar-refractivity contribution in [3.63, 3.8) is 0 Å². The van der Waals surface area contributed by atoms with Crippen molar-refractivity contribution in [3.05, 3.63) is 131 Å². The number of aliphatic hydroxyl groups excluding tert-OH is 2. The molecule has 1 heterocycles. The van der Waals surface area contributed by atoms with Crippen molar-refractivity contribution in [2.75, 3.05) is 6.61 Å². The Morgan fingerprint density at radius 2 is 1.45 bits per heavy atom. The van der Waals surface area contributed by atoms with Gasteiger partial charge < -0.3 is 44.3 Å². The lowest BCUT2D eigenvalue weighted by Crippen LogP contribution is -2.81. The topological polar surface area (TPSA) is 204 Å². The lowest BCUT2D eigenvalue weighted by atomic mass is 9.44. The molecular formula is C48H53NO13. The Kier molecular flexibility index (Phi) is 11.9. The smallest absolute Gasteiger partial charge is 0.338 e. The Labute approximate surface area is 359 Å². The summed E-state index contributed by atoms with van der Waals surface area (Å²) in [4.78, 5) is 70.7. The van der Waals surface area contributed by atoms with Crippen LogP contribution in [0.4, 0.5) is 0 Å². The Bertz CT molecular complexity index is 2280. The first-order valence-corrected chi connectivity index (χ1v) is 20.6. The normalized spacial score (nSPS) is 31.9. The SMILES string of the molecule is C=C(C)O[C@@]12CO[C@@H]1C[C@H](O)[C@@]1(C)C(=O)[C@H](OC(C)=O)C3=C(C)[C@@H](OC(=O)[C@H](O)[C@@H](NC(=O)c4ccccc4)c4ccccc4)C[C@@](O)([C@@H](OC(=O)c4ccccc4)[C@H]21)C3(C)C. The summed E-state index contributed by atoms with van der Waals surface area (Å²) in [6, 6.07) is 23.3. The highest BCUT2D eigenvalue weighted by Crippen LogP contribution is 2.64. The molecule has 7 rings (SSSR count). The third kappa shape index (κ3) is 7.32. The zero-order valence-corrected chi connectivity index (χ0v) is 35.5. The van der Waals surface area contributed by atoms with Gasteiger partial charge in [-0.3, -0.25) is 14.4 Å². The number of ketones is 1. The maximum absolute atomic E-state index is 15.5. The maximum Gasteiger partial charge on any atom is 0.338 e. The zero-order valence-electron chi connectivity index (χ0n) is 35.5. The molecular weight excluding hydrogens is 799 g/mol. The largest absolute Gasteiger partial charge is 0.487 e. The van der Waals surface area contributed by atoms with E-state index in [2.05, 4.69) is 11.9 Å². The molecule has 328 valence electrons. The van der Waals surface area contributed by atoms with Crippen molar-refractivity contribution in [3.8, 4) is 0 Å². The number of ether oxygens (including phenoxy) is 5. The number of fused-ring (bicyclic) bond motifs is 5. The number of nitrogens with one attached hydrogen (secondary N) is 1. The molecule has 2 bridgehead atoms. The number of carbonyl (C=O) groups excluding carboxylic acids is 5. The van der Waals surface area contributed by atoms with Crippen molar-refractivity contribution in [2.45, 2.75) is 108 Å². The second kappa shape index (κ2) is 16.6. The average molecular weight is 852 g/mol. The molecule has 14 heteroatoms. The standard InChI is InChI=1S/C48H53NO13/c1-26(2)62-47-25-58-34(47)23-33(51)46(7)39(47)41(61-43(55)31-21-15-10-16-22-31)48(57)24-32(27(3)35(45(48,5)6)38(40(46)53)59-28(4)50)60-44(56)37(52)36(29-17-11-8-12-18-29)49-42(54)30-19-13-9-14-20-30/h8-22,32-34,36-39,41,51-52,57H,1,23-25H2,2-7H3,(H,49,54)/t32-,33-,34+,36-,37+,38+,39-,41-,46+,47-,48+/m0/s1. The van der Waals surface area contributed by atoms with Crippen molar-refractivity contribution in [1.29, 1.82) is 0 Å². The number of allylic oxidation sites excluding steroid dienone is 1. The van der Waals surface area contributed by atoms with Crippen molar-refractivity contribution in [1.82, 2.24) is 5.32 Å². The molecule has 3 aliphatic carbocycles. The first-order valence-electron chi connectivity index (χ1n) is 20.6. The van der Waals surface area contributed by atoms with Crippen LogP contribution in [0, 0.1) is 16.7 Å². The highest BCUT2D eigenvalue weighted by Gasteiger charge is 2.78. The molecule has 1 saturated heterocycles. The molecule has 0 radical (unpaired) electrons. The van der Waals surface area contributed by atoms with E-state index in [9.17, 15) is 34.5 Å². The number of hydrogen-bond acceptors (Lipinski definition) is 13. The lowest BCUT2D eigenvalue weighted by molar-refractivity contribution is -0.347. The van der Waals surface area contributed by atoms with Gasteiger partial charge in [0.25, 0.3) is 5.91 Å². The van der Waals surface area contributed by atoms with Gasteiger partial charge in [0.05, 0.1) is 41.4 Å². The van der Waals surface area contributed by atoms with Crippen molar-refractivity contribution in [2.24, 2.45) is 16.7 Å². The molecule has 0 aromatic heterocycles. The van der Waals surface area contributed by atoms with Crippen LogP contribution in [0.25, 0.3) is 0 Å². The Hall–Kier alpha value is -5.67. The molecule has 3 fully saturated rings. The quantitative estimate of drug-likeness (QED) is 0.0894. The Balaban J connectivity index is 1.39. The molecule has 4 aliphatic rings. The molecule has 1 amide bonds. The first kappa shape index (κ1) is 44.4. The van der Waals surface area contributed by atoms with Crippen LogP contribution in [0.15, 0.2) is 114 Å². The highest BCUT2D eigenvalue weighted by molar-refractivity contribution is 5.96. The molecule has 14 nitrogen and oxygen atoms in total. The number of rotatable bonds is 11. The third-order valence-corrected chi connectivity index (χ3v) is 13.5. The van der Waals surface area contributed by atoms with Crippen molar-refractivity contribution >= 4 is 29.6 Å². The van der Waals surface area contributed by atoms with Crippen LogP contribution in [0.3, 0.4) is 0 Å². The van der Waals surface area contributed by atoms with E-state index in [0.717, 1.165) is 6.92 Å². The fourth-order valence-corrected chi connectivity index (χ4v) is 10.2. The van der Waals surface area contributed by atoms with E-state index in [0.29, 0.717) is 5.56 Å². The Morgan fingerprint density at radius 1 is 0.871 bits per heavy atom. The minimum atomic E-state index is -2.31. The van der Waals surface area contributed by atoms with Gasteiger partial charge in [0.2, 0.25) is 0 Å². The highest BCUT2D eigenvalue weighted by atomic mass is 16.6. The first-order chi connectivity index (χ1) is 29.3. The second-order valence-electron chi connectivity index (χ2n) is 17.6. The van der Waals surface area contributed by atoms with Gasteiger partial charge in [0.15, 0.2) is 23.6 Å². The summed E-state index contributed by atoms with van der Waals surface area (Å²) in [6.45, 7) is 12.8. The van der Waals surface area contributed by atoms with E-state index >= 15 is 4.79 Å². The van der Waals surface area contributed by atoms with E-state index in [1.165, 1.54) is 19.1 Å². The fourth-order valence-electron chi connectivity index (χ4n) is 10.2. The molecule has 3 aromatic rings. The minimum Gasteiger partial charge on any atom is -0.487 e. The molecule has 0 unspecified atom stereocenters. The minimum absolute atomic E-state index is 0.0465. The van der Waals surface area contributed by atoms with Gasteiger partial charge in [-0.25, -0.2) is 9.59 Å². The zero-order chi connectivity index (χ0) is 44.9. The monoisotopic (exact) mass is 851 g/mol. The molecule has 1 aliphatic heterocycles. The number of carbonyl (C=O) groups is 5. The van der Waals surface area contributed by atoms with E-state index in [-0.39, 0.29) is 41.1 Å². The van der Waals surface area contributed by atoms with E-state index in [1.807, 2.05) is 0 Å². The number of hydrogen-bond donors (Lipinski definition) is 4. The summed E-state index contributed by atoms with van der Waals surface area (Å²) in [5.41, 5.74) is -6.34. The fraction of sp³-hybridized carbons (Fsp3) is 0.438. The average Bonchev–Trinajstić information content (AvgIpc) is 3.24. The van der Waals surface area contributed by atoms with Gasteiger partial charge in [-0.05, 0) is 61.7 Å². The number of benzene rings is 3. The van der Waals surface area contributed by atoms with E-state index in [4.69, 9.17) is 23.7 Å². The summed E-state index contributed by atoms with van der Waals surface area (Å²) in [5.74, 6) is -5.45. The summed E-state index contributed by atoms with van der Waals surface area (Å²) < 4.78 is 31.0. The molecule has 62 heavy (non-hydrogen) atoms. The van der Waals surface area contributed by atoms with Crippen LogP contribution in [-0.4, -0.2) is 99.4 Å². The van der Waals surface area contributed by atoms with Crippen LogP contribution in [0.1, 0.15) is 86.7 Å². The van der Waals surface area contributed by atoms with Gasteiger partial charge >= 0.3 is 17.9 Å². The van der Waals surface area contributed by atoms with Crippen LogP contribution in [0.5, 0.6) is 0 Å². The molecule has 2 saturated carbocycles. The third-order valence-electron chi connectivity index (χ3n) is 13.5. The Morgan fingerprint density at radius 3 is 2.00 bits per heavy atom. The summed E-state index contributed by atoms with van der Waals surface area (Å²) in [5, 5.41) is 40.4. The van der Waals surface area contributed by atoms with Gasteiger partial charge in [-0.1, -0.05) is 87.2 Å². The number of Topliss-reactive ketones (excluding diaryl/α,β-unsaturated/α-hetero) is 1. The predicted molar refractivity (Wildman–Crippen MR) is 222 cm³/mol. The second-order valence-corrected chi connectivity index (χ2v) is 17.6. The number of amides is 1. The van der Waals surface area contributed by atoms with Crippen LogP contribution < -0.4 is 5.32 Å². The molecule has 11 atom stereocenters. The van der Waals surface area contributed by atoms with Gasteiger partial charge in [-0.15, -0.1) is 0 Å².